The smallest absolute Gasteiger partial charge is 0.254 e. The Bertz CT molecular complexity index is 1360. The summed E-state index contributed by atoms with van der Waals surface area (Å²) in [7, 11) is 3.51. The highest BCUT2D eigenvalue weighted by Gasteiger charge is 2.37. The summed E-state index contributed by atoms with van der Waals surface area (Å²) in [5, 5.41) is 3.14. The molecule has 4 bridgehead atoms. The lowest BCUT2D eigenvalue weighted by atomic mass is 10.0. The third-order valence-electron chi connectivity index (χ3n) is 7.41. The molecule has 1 saturated heterocycles. The van der Waals surface area contributed by atoms with Gasteiger partial charge < -0.3 is 24.4 Å². The largest absolute Gasteiger partial charge is 0.493 e. The summed E-state index contributed by atoms with van der Waals surface area (Å²) in [5.41, 5.74) is 3.75. The molecule has 0 aromatic heterocycles. The first-order chi connectivity index (χ1) is 19.3. The maximum absolute atomic E-state index is 13.4. The number of carbonyl (C=O) groups is 2. The number of likely N-dealkylation sites (tertiary alicyclic amines) is 1. The standard InChI is InChI=1S/C32H37N3O5/c1-21(2)24-9-11-25(12-10-24)32(37)35-17-27-30(18-35)39-20-23-6-5-7-26(14-23)40-29-15-22(8-13-28(29)38-4)16-34(3)19-31(36)33-27/h5-15,21,27,30H,16-20H2,1-4H3,(H,33,36)/t27-,30-/m0/s1. The fourth-order valence-electron chi connectivity index (χ4n) is 5.23. The van der Waals surface area contributed by atoms with Crippen molar-refractivity contribution in [1.29, 1.82) is 0 Å². The van der Waals surface area contributed by atoms with Gasteiger partial charge in [0.15, 0.2) is 11.5 Å². The molecule has 5 rings (SSSR count). The van der Waals surface area contributed by atoms with E-state index in [1.807, 2.05) is 78.7 Å². The Labute approximate surface area is 235 Å². The zero-order valence-electron chi connectivity index (χ0n) is 23.6. The molecule has 0 spiro atoms. The minimum Gasteiger partial charge on any atom is -0.493 e. The van der Waals surface area contributed by atoms with Crippen LogP contribution in [-0.4, -0.2) is 67.6 Å². The van der Waals surface area contributed by atoms with Crippen LogP contribution in [0.5, 0.6) is 17.2 Å². The highest BCUT2D eigenvalue weighted by atomic mass is 16.5. The number of hydrogen-bond donors (Lipinski definition) is 1. The van der Waals surface area contributed by atoms with Crippen molar-refractivity contribution < 1.29 is 23.8 Å². The minimum absolute atomic E-state index is 0.0627. The van der Waals surface area contributed by atoms with Gasteiger partial charge in [0, 0.05) is 25.2 Å². The van der Waals surface area contributed by atoms with E-state index in [1.54, 1.807) is 12.0 Å². The van der Waals surface area contributed by atoms with Gasteiger partial charge in [-0.25, -0.2) is 0 Å². The predicted molar refractivity (Wildman–Crippen MR) is 153 cm³/mol. The second kappa shape index (κ2) is 12.1. The normalized spacial score (nSPS) is 20.0. The number of benzene rings is 3. The number of nitrogens with one attached hydrogen (secondary N) is 1. The first-order valence-corrected chi connectivity index (χ1v) is 13.7. The van der Waals surface area contributed by atoms with Crippen LogP contribution in [0.15, 0.2) is 66.7 Å². The van der Waals surface area contributed by atoms with E-state index in [2.05, 4.69) is 19.2 Å². The number of rotatable bonds is 3. The highest BCUT2D eigenvalue weighted by Crippen LogP contribution is 2.33. The third kappa shape index (κ3) is 6.46. The first-order valence-electron chi connectivity index (χ1n) is 13.7. The lowest BCUT2D eigenvalue weighted by Crippen LogP contribution is -2.47. The van der Waals surface area contributed by atoms with Crippen molar-refractivity contribution in [3.8, 4) is 17.2 Å². The van der Waals surface area contributed by atoms with E-state index in [4.69, 9.17) is 14.2 Å². The van der Waals surface area contributed by atoms with Gasteiger partial charge in [0.2, 0.25) is 5.91 Å². The van der Waals surface area contributed by atoms with E-state index in [1.165, 1.54) is 5.56 Å². The van der Waals surface area contributed by atoms with Crippen molar-refractivity contribution in [2.75, 3.05) is 33.8 Å². The quantitative estimate of drug-likeness (QED) is 0.521. The Balaban J connectivity index is 1.38. The van der Waals surface area contributed by atoms with E-state index >= 15 is 0 Å². The first kappa shape index (κ1) is 27.7. The monoisotopic (exact) mass is 543 g/mol. The molecule has 40 heavy (non-hydrogen) atoms. The average Bonchev–Trinajstić information content (AvgIpc) is 3.33. The minimum atomic E-state index is -0.349. The topological polar surface area (TPSA) is 80.3 Å². The fraction of sp³-hybridized carbons (Fsp3) is 0.375. The molecule has 210 valence electrons. The SMILES string of the molecule is COc1ccc2cc1Oc1cccc(c1)CO[C@H]1CN(C(=O)c3ccc(C(C)C)cc3)C[C@@H]1NC(=O)CN(C)C2. The molecule has 0 unspecified atom stereocenters. The number of nitrogens with zero attached hydrogens (tertiary/aromatic N) is 2. The molecule has 1 N–H and O–H groups in total. The van der Waals surface area contributed by atoms with Crippen LogP contribution in [0.4, 0.5) is 0 Å². The number of carbonyl (C=O) groups excluding carboxylic acids is 2. The second-order valence-electron chi connectivity index (χ2n) is 10.9. The summed E-state index contributed by atoms with van der Waals surface area (Å²) < 4.78 is 18.1. The molecule has 0 radical (unpaired) electrons. The zero-order chi connectivity index (χ0) is 28.2. The molecular weight excluding hydrogens is 506 g/mol. The summed E-state index contributed by atoms with van der Waals surface area (Å²) >= 11 is 0. The molecule has 3 aromatic carbocycles. The summed E-state index contributed by atoms with van der Waals surface area (Å²) in [6.45, 7) is 6.11. The predicted octanol–water partition coefficient (Wildman–Crippen LogP) is 4.58. The van der Waals surface area contributed by atoms with Crippen LogP contribution in [0, 0.1) is 0 Å². The number of fused-ring (bicyclic) bond motifs is 5. The number of methoxy groups -OCH3 is 1. The van der Waals surface area contributed by atoms with Crippen LogP contribution in [0.25, 0.3) is 0 Å². The number of amides is 2. The van der Waals surface area contributed by atoms with Gasteiger partial charge in [-0.15, -0.1) is 0 Å². The molecule has 2 amide bonds. The van der Waals surface area contributed by atoms with Crippen LogP contribution in [0.2, 0.25) is 0 Å². The second-order valence-corrected chi connectivity index (χ2v) is 10.9. The fourth-order valence-corrected chi connectivity index (χ4v) is 5.23. The van der Waals surface area contributed by atoms with Crippen molar-refractivity contribution in [1.82, 2.24) is 15.1 Å². The van der Waals surface area contributed by atoms with Gasteiger partial charge in [-0.05, 0) is 66.1 Å². The molecule has 3 aromatic rings. The van der Waals surface area contributed by atoms with Crippen LogP contribution >= 0.6 is 0 Å². The van der Waals surface area contributed by atoms with Gasteiger partial charge >= 0.3 is 0 Å². The van der Waals surface area contributed by atoms with Crippen LogP contribution in [0.1, 0.15) is 46.8 Å². The Kier molecular flexibility index (Phi) is 8.38. The van der Waals surface area contributed by atoms with Gasteiger partial charge in [-0.2, -0.15) is 0 Å². The summed E-state index contributed by atoms with van der Waals surface area (Å²) in [6.07, 6.45) is -0.349. The third-order valence-corrected chi connectivity index (χ3v) is 7.41. The molecule has 2 aliphatic rings. The van der Waals surface area contributed by atoms with Gasteiger partial charge in [0.1, 0.15) is 5.75 Å². The summed E-state index contributed by atoms with van der Waals surface area (Å²) in [5.74, 6) is 2.13. The van der Waals surface area contributed by atoms with E-state index in [9.17, 15) is 9.59 Å². The molecule has 0 aliphatic carbocycles. The molecular formula is C32H37N3O5. The van der Waals surface area contributed by atoms with Gasteiger partial charge in [0.05, 0.1) is 32.4 Å². The molecule has 0 saturated carbocycles. The molecule has 2 heterocycles. The Morgan fingerprint density at radius 1 is 1.00 bits per heavy atom. The van der Waals surface area contributed by atoms with E-state index in [0.717, 1.165) is 11.1 Å². The maximum Gasteiger partial charge on any atom is 0.254 e. The Morgan fingerprint density at radius 2 is 1.80 bits per heavy atom. The molecule has 8 heteroatoms. The van der Waals surface area contributed by atoms with Crippen LogP contribution in [-0.2, 0) is 22.7 Å². The van der Waals surface area contributed by atoms with Crippen molar-refractivity contribution in [3.05, 3.63) is 89.0 Å². The van der Waals surface area contributed by atoms with Crippen molar-refractivity contribution in [2.45, 2.75) is 45.1 Å². The van der Waals surface area contributed by atoms with Gasteiger partial charge in [-0.1, -0.05) is 44.2 Å². The average molecular weight is 544 g/mol. The Hall–Kier alpha value is -3.88. The number of likely N-dealkylation sites (N-methyl/N-ethyl adjacent to an activating group) is 1. The molecule has 2 aliphatic heterocycles. The summed E-state index contributed by atoms with van der Waals surface area (Å²) in [6, 6.07) is 21.0. The number of ether oxygens (including phenoxy) is 3. The highest BCUT2D eigenvalue weighted by molar-refractivity contribution is 5.94. The summed E-state index contributed by atoms with van der Waals surface area (Å²) in [4.78, 5) is 30.2. The lowest BCUT2D eigenvalue weighted by Gasteiger charge is -2.23. The van der Waals surface area contributed by atoms with E-state index in [-0.39, 0.29) is 30.5 Å². The van der Waals surface area contributed by atoms with Crippen molar-refractivity contribution in [2.24, 2.45) is 0 Å². The van der Waals surface area contributed by atoms with Crippen molar-refractivity contribution >= 4 is 11.8 Å². The van der Waals surface area contributed by atoms with Crippen molar-refractivity contribution in [3.63, 3.8) is 0 Å². The van der Waals surface area contributed by atoms with E-state index < -0.39 is 0 Å². The van der Waals surface area contributed by atoms with Crippen LogP contribution < -0.4 is 14.8 Å². The lowest BCUT2D eigenvalue weighted by molar-refractivity contribution is -0.123. The van der Waals surface area contributed by atoms with Gasteiger partial charge in [0.25, 0.3) is 5.91 Å². The van der Waals surface area contributed by atoms with Crippen LogP contribution in [0.3, 0.4) is 0 Å². The van der Waals surface area contributed by atoms with E-state index in [0.29, 0.717) is 55.0 Å². The molecule has 1 fully saturated rings. The zero-order valence-corrected chi connectivity index (χ0v) is 23.6. The maximum atomic E-state index is 13.4. The molecule has 2 atom stereocenters. The number of hydrogen-bond acceptors (Lipinski definition) is 6. The molecule has 8 nitrogen and oxygen atoms in total. The Morgan fingerprint density at radius 3 is 2.55 bits per heavy atom. The van der Waals surface area contributed by atoms with Gasteiger partial charge in [-0.3, -0.25) is 14.5 Å².